The van der Waals surface area contributed by atoms with Crippen LogP contribution in [0, 0.1) is 31.9 Å². The van der Waals surface area contributed by atoms with Crippen LogP contribution in [0.5, 0.6) is 0 Å². The first-order valence-corrected chi connectivity index (χ1v) is 14.8. The van der Waals surface area contributed by atoms with Gasteiger partial charge in [-0.3, -0.25) is 4.98 Å². The van der Waals surface area contributed by atoms with E-state index in [2.05, 4.69) is 73.8 Å². The minimum Gasteiger partial charge on any atom is -0.557 e. The molecule has 0 atom stereocenters. The van der Waals surface area contributed by atoms with Crippen molar-refractivity contribution in [2.75, 3.05) is 0 Å². The van der Waals surface area contributed by atoms with Crippen molar-refractivity contribution in [1.82, 2.24) is 14.5 Å². The van der Waals surface area contributed by atoms with Gasteiger partial charge in [0.1, 0.15) is 5.82 Å². The molecule has 0 aliphatic heterocycles. The largest absolute Gasteiger partial charge is 0.557 e. The van der Waals surface area contributed by atoms with E-state index in [0.29, 0.717) is 45.5 Å². The predicted octanol–water partition coefficient (Wildman–Crippen LogP) is 10.8. The number of aryl methyl sites for hydroxylation is 2. The molecule has 0 saturated heterocycles. The fraction of sp³-hybridized carbons (Fsp3) is 0.200. The van der Waals surface area contributed by atoms with Gasteiger partial charge in [-0.05, 0) is 59.3 Å². The fourth-order valence-electron chi connectivity index (χ4n) is 5.44. The zero-order valence-electron chi connectivity index (χ0n) is 31.9. The van der Waals surface area contributed by atoms with E-state index in [1.807, 2.05) is 18.2 Å². The van der Waals surface area contributed by atoms with Crippen molar-refractivity contribution >= 4 is 22.0 Å². The van der Waals surface area contributed by atoms with E-state index in [9.17, 15) is 4.39 Å². The molecule has 46 heavy (non-hydrogen) atoms. The molecular weight excluding hydrogens is 750 g/mol. The Labute approximate surface area is 292 Å². The van der Waals surface area contributed by atoms with Crippen LogP contribution in [0.15, 0.2) is 102 Å². The SMILES string of the molecule is CC(C)c1cccc(C(C)C)c1-n1c(-c2[c-]oc3ccc(F)cc23)nc2ccccc21.[2H]C([2H])([2H])c1c[c-]c(-c2ccc(C([2H])([2H])[2H])cn2)cc1.[Ir]. The Morgan fingerprint density at radius 2 is 1.59 bits per heavy atom. The Balaban J connectivity index is 0.000000217. The van der Waals surface area contributed by atoms with Crippen LogP contribution < -0.4 is 0 Å². The fourth-order valence-corrected chi connectivity index (χ4v) is 5.44. The quantitative estimate of drug-likeness (QED) is 0.163. The molecule has 0 saturated carbocycles. The number of benzene rings is 4. The Morgan fingerprint density at radius 3 is 2.24 bits per heavy atom. The molecule has 7 aromatic rings. The zero-order chi connectivity index (χ0) is 36.7. The van der Waals surface area contributed by atoms with Crippen molar-refractivity contribution in [2.45, 2.75) is 53.2 Å². The molecule has 7 rings (SSSR count). The van der Waals surface area contributed by atoms with E-state index in [-0.39, 0.29) is 37.0 Å². The second kappa shape index (κ2) is 13.9. The molecule has 0 amide bonds. The summed E-state index contributed by atoms with van der Waals surface area (Å²) in [4.78, 5) is 9.04. The van der Waals surface area contributed by atoms with Gasteiger partial charge in [-0.2, -0.15) is 0 Å². The third-order valence-electron chi connectivity index (χ3n) is 7.68. The Hall–Kier alpha value is -4.38. The predicted molar refractivity (Wildman–Crippen MR) is 181 cm³/mol. The first-order valence-electron chi connectivity index (χ1n) is 17.8. The summed E-state index contributed by atoms with van der Waals surface area (Å²) in [6, 6.07) is 29.6. The third-order valence-corrected chi connectivity index (χ3v) is 7.68. The van der Waals surface area contributed by atoms with Gasteiger partial charge in [0.2, 0.25) is 0 Å². The van der Waals surface area contributed by atoms with Gasteiger partial charge in [0, 0.05) is 52.1 Å². The number of imidazole rings is 1. The monoisotopic (exact) mass is 792 g/mol. The number of rotatable bonds is 5. The molecule has 235 valence electrons. The van der Waals surface area contributed by atoms with E-state index in [1.54, 1.807) is 18.2 Å². The van der Waals surface area contributed by atoms with Gasteiger partial charge < -0.3 is 14.0 Å². The number of para-hydroxylation sites is 3. The summed E-state index contributed by atoms with van der Waals surface area (Å²) in [5.41, 5.74) is 8.32. The number of hydrogen-bond acceptors (Lipinski definition) is 3. The first-order chi connectivity index (χ1) is 24.1. The summed E-state index contributed by atoms with van der Waals surface area (Å²) in [5, 5.41) is 0.671. The minimum absolute atomic E-state index is 0. The Kier molecular flexibility index (Phi) is 7.81. The summed E-state index contributed by atoms with van der Waals surface area (Å²) in [7, 11) is 0. The molecule has 0 fully saturated rings. The van der Waals surface area contributed by atoms with E-state index in [1.165, 1.54) is 47.7 Å². The summed E-state index contributed by atoms with van der Waals surface area (Å²) >= 11 is 0. The molecular formula is C40H36FIrN3O-2. The van der Waals surface area contributed by atoms with Gasteiger partial charge in [0.25, 0.3) is 0 Å². The maximum atomic E-state index is 14.1. The van der Waals surface area contributed by atoms with Crippen molar-refractivity contribution in [2.24, 2.45) is 0 Å². The summed E-state index contributed by atoms with van der Waals surface area (Å²) in [6.07, 6.45) is 4.30. The molecule has 6 heteroatoms. The summed E-state index contributed by atoms with van der Waals surface area (Å²) < 4.78 is 65.6. The smallest absolute Gasteiger partial charge is 0.113 e. The molecule has 0 spiro atoms. The molecule has 0 bridgehead atoms. The van der Waals surface area contributed by atoms with Crippen LogP contribution in [0.2, 0.25) is 0 Å². The van der Waals surface area contributed by atoms with Gasteiger partial charge in [-0.1, -0.05) is 100 Å². The van der Waals surface area contributed by atoms with Crippen molar-refractivity contribution in [3.05, 3.63) is 138 Å². The zero-order valence-corrected chi connectivity index (χ0v) is 28.2. The number of nitrogens with zero attached hydrogens (tertiary/aromatic N) is 3. The Bertz CT molecular complexity index is 2230. The third kappa shape index (κ3) is 6.60. The van der Waals surface area contributed by atoms with E-state index in [4.69, 9.17) is 17.6 Å². The molecule has 1 radical (unpaired) electrons. The Morgan fingerprint density at radius 1 is 0.848 bits per heavy atom. The van der Waals surface area contributed by atoms with Crippen molar-refractivity contribution in [3.8, 4) is 28.3 Å². The molecule has 0 aliphatic carbocycles. The maximum absolute atomic E-state index is 14.1. The van der Waals surface area contributed by atoms with Gasteiger partial charge >= 0.3 is 0 Å². The van der Waals surface area contributed by atoms with Crippen LogP contribution in [0.1, 0.15) is 70.0 Å². The van der Waals surface area contributed by atoms with Crippen LogP contribution in [-0.4, -0.2) is 14.5 Å². The molecule has 3 heterocycles. The van der Waals surface area contributed by atoms with Crippen LogP contribution in [0.25, 0.3) is 50.3 Å². The number of halogens is 1. The average molecular weight is 792 g/mol. The van der Waals surface area contributed by atoms with Gasteiger partial charge in [-0.25, -0.2) is 4.39 Å². The van der Waals surface area contributed by atoms with E-state index < -0.39 is 13.7 Å². The number of pyridine rings is 1. The summed E-state index contributed by atoms with van der Waals surface area (Å²) in [5.74, 6) is 1.05. The number of furan rings is 1. The molecule has 0 N–H and O–H groups in total. The number of aromatic nitrogens is 3. The molecule has 4 aromatic carbocycles. The van der Waals surface area contributed by atoms with Crippen molar-refractivity contribution in [1.29, 1.82) is 0 Å². The molecule has 4 nitrogen and oxygen atoms in total. The molecule has 0 unspecified atom stereocenters. The average Bonchev–Trinajstić information content (AvgIpc) is 3.68. The number of hydrogen-bond donors (Lipinski definition) is 0. The van der Waals surface area contributed by atoms with E-state index in [0.717, 1.165) is 16.7 Å². The van der Waals surface area contributed by atoms with Crippen molar-refractivity contribution in [3.63, 3.8) is 0 Å². The normalized spacial score (nSPS) is 13.6. The van der Waals surface area contributed by atoms with Crippen LogP contribution in [0.4, 0.5) is 4.39 Å². The standard InChI is InChI=1S/C27H24FN2O.C13H12N.Ir/c1-16(2)19-8-7-9-20(17(3)4)26(19)30-24-11-6-5-10-23(24)29-27(30)22-15-31-25-13-12-18(28)14-21(22)25;1-10-3-6-12(7-4-10)13-8-5-11(2)9-14-13;/h5-14,16-17H,1-4H3;3-6,8-9H,1-2H3;/q2*-1;/i;1D3,2D3;. The maximum Gasteiger partial charge on any atom is 0.113 e. The minimum atomic E-state index is -2.18. The second-order valence-electron chi connectivity index (χ2n) is 11.5. The summed E-state index contributed by atoms with van der Waals surface area (Å²) in [6.45, 7) is 4.48. The van der Waals surface area contributed by atoms with Gasteiger partial charge in [0.15, 0.2) is 0 Å². The first kappa shape index (κ1) is 25.8. The van der Waals surface area contributed by atoms with Crippen LogP contribution in [-0.2, 0) is 20.1 Å². The topological polar surface area (TPSA) is 43.9 Å². The van der Waals surface area contributed by atoms with Crippen LogP contribution in [0.3, 0.4) is 0 Å². The van der Waals surface area contributed by atoms with Crippen molar-refractivity contribution < 1.29 is 37.1 Å². The molecule has 3 aromatic heterocycles. The van der Waals surface area contributed by atoms with Gasteiger partial charge in [-0.15, -0.1) is 35.4 Å². The van der Waals surface area contributed by atoms with E-state index >= 15 is 0 Å². The number of fused-ring (bicyclic) bond motifs is 2. The molecule has 0 aliphatic rings. The van der Waals surface area contributed by atoms with Crippen LogP contribution >= 0.6 is 0 Å². The van der Waals surface area contributed by atoms with Gasteiger partial charge in [0.05, 0.1) is 16.9 Å². The second-order valence-corrected chi connectivity index (χ2v) is 11.5.